The molecule has 1 aromatic heterocycles. The molecule has 3 heterocycles. The lowest BCUT2D eigenvalue weighted by atomic mass is 10.1. The fourth-order valence-electron chi connectivity index (χ4n) is 4.46. The second-order valence-corrected chi connectivity index (χ2v) is 9.00. The van der Waals surface area contributed by atoms with Crippen molar-refractivity contribution in [3.63, 3.8) is 0 Å². The first kappa shape index (κ1) is 17.2. The van der Waals surface area contributed by atoms with Crippen molar-refractivity contribution in [1.29, 1.82) is 0 Å². The van der Waals surface area contributed by atoms with Gasteiger partial charge in [0.15, 0.2) is 0 Å². The van der Waals surface area contributed by atoms with Crippen LogP contribution in [0, 0.1) is 11.8 Å². The Morgan fingerprint density at radius 1 is 1.28 bits per heavy atom. The molecule has 0 radical (unpaired) electrons. The number of aryl methyl sites for hydroxylation is 1. The van der Waals surface area contributed by atoms with Gasteiger partial charge in [-0.15, -0.1) is 0 Å². The lowest BCUT2D eigenvalue weighted by Crippen LogP contribution is -2.49. The molecule has 2 saturated heterocycles. The van der Waals surface area contributed by atoms with Gasteiger partial charge in [-0.05, 0) is 37.3 Å². The van der Waals surface area contributed by atoms with Crippen LogP contribution in [0.3, 0.4) is 0 Å². The van der Waals surface area contributed by atoms with Gasteiger partial charge >= 0.3 is 10.2 Å². The average molecular weight is 366 g/mol. The predicted octanol–water partition coefficient (Wildman–Crippen LogP) is 0.953. The SMILES string of the molecule is CCc1cccc(NS(=O)(=O)N2C[C@@H]3[C@H](C2)C3(C)N2CCOCC2)n1. The number of piperidine rings is 1. The quantitative estimate of drug-likeness (QED) is 0.840. The third-order valence-electron chi connectivity index (χ3n) is 6.11. The minimum absolute atomic E-state index is 0.135. The molecule has 138 valence electrons. The van der Waals surface area contributed by atoms with Crippen LogP contribution in [0.15, 0.2) is 18.2 Å². The van der Waals surface area contributed by atoms with Crippen LogP contribution in [0.4, 0.5) is 5.82 Å². The molecule has 3 aliphatic rings. The van der Waals surface area contributed by atoms with E-state index in [1.54, 1.807) is 10.4 Å². The van der Waals surface area contributed by atoms with Crippen molar-refractivity contribution in [3.8, 4) is 0 Å². The Morgan fingerprint density at radius 3 is 2.60 bits per heavy atom. The van der Waals surface area contributed by atoms with Gasteiger partial charge in [0.25, 0.3) is 0 Å². The molecule has 1 aliphatic carbocycles. The number of pyridine rings is 1. The number of rotatable bonds is 5. The largest absolute Gasteiger partial charge is 0.379 e. The van der Waals surface area contributed by atoms with E-state index in [1.165, 1.54) is 0 Å². The van der Waals surface area contributed by atoms with Gasteiger partial charge in [0.05, 0.1) is 13.2 Å². The molecular weight excluding hydrogens is 340 g/mol. The minimum Gasteiger partial charge on any atom is -0.379 e. The highest BCUT2D eigenvalue weighted by Gasteiger charge is 2.69. The zero-order valence-corrected chi connectivity index (χ0v) is 15.6. The number of morpholine rings is 1. The summed E-state index contributed by atoms with van der Waals surface area (Å²) in [4.78, 5) is 6.82. The van der Waals surface area contributed by atoms with Crippen LogP contribution in [-0.2, 0) is 21.4 Å². The Hall–Kier alpha value is -1.22. The van der Waals surface area contributed by atoms with Gasteiger partial charge in [-0.1, -0.05) is 13.0 Å². The first-order chi connectivity index (χ1) is 11.9. The van der Waals surface area contributed by atoms with E-state index in [4.69, 9.17) is 4.74 Å². The van der Waals surface area contributed by atoms with Crippen molar-refractivity contribution in [2.45, 2.75) is 25.8 Å². The average Bonchev–Trinajstić information content (AvgIpc) is 2.98. The molecular formula is C17H26N4O3S. The Kier molecular flexibility index (Phi) is 4.26. The molecule has 1 N–H and O–H groups in total. The normalized spacial score (nSPS) is 33.2. The number of hydrogen-bond acceptors (Lipinski definition) is 5. The number of nitrogens with one attached hydrogen (secondary N) is 1. The molecule has 3 fully saturated rings. The Bertz CT molecular complexity index is 736. The molecule has 8 heteroatoms. The highest BCUT2D eigenvalue weighted by atomic mass is 32.2. The van der Waals surface area contributed by atoms with Crippen LogP contribution in [-0.4, -0.2) is 67.5 Å². The van der Waals surface area contributed by atoms with Gasteiger partial charge in [0.1, 0.15) is 5.82 Å². The topological polar surface area (TPSA) is 74.8 Å². The van der Waals surface area contributed by atoms with Crippen LogP contribution in [0.2, 0.25) is 0 Å². The fraction of sp³-hybridized carbons (Fsp3) is 0.706. The van der Waals surface area contributed by atoms with Gasteiger partial charge in [-0.2, -0.15) is 12.7 Å². The zero-order chi connectivity index (χ0) is 17.7. The summed E-state index contributed by atoms with van der Waals surface area (Å²) >= 11 is 0. The second-order valence-electron chi connectivity index (χ2n) is 7.33. The zero-order valence-electron chi connectivity index (χ0n) is 14.8. The van der Waals surface area contributed by atoms with Gasteiger partial charge < -0.3 is 4.74 Å². The summed E-state index contributed by atoms with van der Waals surface area (Å²) in [7, 11) is -3.54. The van der Waals surface area contributed by atoms with Crippen molar-refractivity contribution in [2.75, 3.05) is 44.1 Å². The molecule has 3 atom stereocenters. The van der Waals surface area contributed by atoms with Crippen molar-refractivity contribution in [1.82, 2.24) is 14.2 Å². The summed E-state index contributed by atoms with van der Waals surface area (Å²) in [5, 5.41) is 0. The number of fused-ring (bicyclic) bond motifs is 1. The van der Waals surface area contributed by atoms with E-state index in [-0.39, 0.29) is 5.54 Å². The third-order valence-corrected chi connectivity index (χ3v) is 7.56. The molecule has 25 heavy (non-hydrogen) atoms. The first-order valence-corrected chi connectivity index (χ1v) is 10.5. The van der Waals surface area contributed by atoms with E-state index in [0.29, 0.717) is 30.7 Å². The lowest BCUT2D eigenvalue weighted by Gasteiger charge is -2.36. The van der Waals surface area contributed by atoms with E-state index in [2.05, 4.69) is 21.5 Å². The highest BCUT2D eigenvalue weighted by Crippen LogP contribution is 2.59. The third kappa shape index (κ3) is 2.95. The minimum atomic E-state index is -3.54. The van der Waals surface area contributed by atoms with Crippen LogP contribution in [0.1, 0.15) is 19.5 Å². The van der Waals surface area contributed by atoms with Crippen molar-refractivity contribution in [3.05, 3.63) is 23.9 Å². The molecule has 0 bridgehead atoms. The van der Waals surface area contributed by atoms with E-state index in [0.717, 1.165) is 38.4 Å². The maximum Gasteiger partial charge on any atom is 0.302 e. The first-order valence-electron chi connectivity index (χ1n) is 9.01. The molecule has 2 aliphatic heterocycles. The number of hydrogen-bond donors (Lipinski definition) is 1. The standard InChI is InChI=1S/C17H26N4O3S/c1-3-13-5-4-6-16(18-13)19-25(22,23)21-11-14-15(12-21)17(14,2)20-7-9-24-10-8-20/h4-6,14-15H,3,7-12H2,1-2H3,(H,18,19)/t14-,15+,17?. The number of anilines is 1. The summed E-state index contributed by atoms with van der Waals surface area (Å²) in [5.74, 6) is 1.23. The number of nitrogens with zero attached hydrogens (tertiary/aromatic N) is 3. The summed E-state index contributed by atoms with van der Waals surface area (Å²) in [6, 6.07) is 5.43. The molecule has 1 saturated carbocycles. The van der Waals surface area contributed by atoms with Gasteiger partial charge in [0.2, 0.25) is 0 Å². The summed E-state index contributed by atoms with van der Waals surface area (Å²) in [6.45, 7) is 8.89. The van der Waals surface area contributed by atoms with Gasteiger partial charge in [-0.3, -0.25) is 9.62 Å². The number of aromatic nitrogens is 1. The van der Waals surface area contributed by atoms with Crippen LogP contribution >= 0.6 is 0 Å². The number of ether oxygens (including phenoxy) is 1. The summed E-state index contributed by atoms with van der Waals surface area (Å²) < 4.78 is 35.0. The highest BCUT2D eigenvalue weighted by molar-refractivity contribution is 7.90. The van der Waals surface area contributed by atoms with Crippen molar-refractivity contribution >= 4 is 16.0 Å². The van der Waals surface area contributed by atoms with Crippen LogP contribution in [0.5, 0.6) is 0 Å². The Morgan fingerprint density at radius 2 is 1.96 bits per heavy atom. The van der Waals surface area contributed by atoms with E-state index < -0.39 is 10.2 Å². The monoisotopic (exact) mass is 366 g/mol. The molecule has 1 aromatic rings. The van der Waals surface area contributed by atoms with Crippen molar-refractivity contribution < 1.29 is 13.2 Å². The molecule has 4 rings (SSSR count). The van der Waals surface area contributed by atoms with E-state index in [1.807, 2.05) is 19.1 Å². The Labute approximate surface area is 149 Å². The van der Waals surface area contributed by atoms with Gasteiger partial charge in [-0.25, -0.2) is 4.98 Å². The van der Waals surface area contributed by atoms with E-state index >= 15 is 0 Å². The predicted molar refractivity (Wildman–Crippen MR) is 95.5 cm³/mol. The smallest absolute Gasteiger partial charge is 0.302 e. The molecule has 7 nitrogen and oxygen atoms in total. The van der Waals surface area contributed by atoms with Gasteiger partial charge in [0, 0.05) is 37.4 Å². The van der Waals surface area contributed by atoms with E-state index in [9.17, 15) is 8.42 Å². The Balaban J connectivity index is 1.41. The maximum absolute atomic E-state index is 12.7. The fourth-order valence-corrected chi connectivity index (χ4v) is 5.68. The van der Waals surface area contributed by atoms with Crippen LogP contribution < -0.4 is 4.72 Å². The summed E-state index contributed by atoms with van der Waals surface area (Å²) in [5.41, 5.74) is 1.01. The second kappa shape index (κ2) is 6.19. The molecule has 0 spiro atoms. The molecule has 1 unspecified atom stereocenters. The maximum atomic E-state index is 12.7. The van der Waals surface area contributed by atoms with Crippen molar-refractivity contribution in [2.24, 2.45) is 11.8 Å². The lowest BCUT2D eigenvalue weighted by molar-refractivity contribution is 0.00313. The van der Waals surface area contributed by atoms with Crippen LogP contribution in [0.25, 0.3) is 0 Å². The molecule has 0 amide bonds. The summed E-state index contributed by atoms with van der Waals surface area (Å²) in [6.07, 6.45) is 0.779. The molecule has 0 aromatic carbocycles.